The molecule has 0 aliphatic heterocycles. The molecule has 0 spiro atoms. The van der Waals surface area contributed by atoms with Gasteiger partial charge in [0.05, 0.1) is 16.5 Å². The molecule has 3 rings (SSSR count). The lowest BCUT2D eigenvalue weighted by molar-refractivity contribution is -0.400. The van der Waals surface area contributed by atoms with Crippen molar-refractivity contribution in [3.63, 3.8) is 0 Å². The molecule has 7 heteroatoms. The van der Waals surface area contributed by atoms with Crippen molar-refractivity contribution in [1.82, 2.24) is 9.55 Å². The van der Waals surface area contributed by atoms with Crippen LogP contribution in [-0.2, 0) is 0 Å². The van der Waals surface area contributed by atoms with Crippen LogP contribution >= 0.6 is 0 Å². The van der Waals surface area contributed by atoms with E-state index in [0.29, 0.717) is 6.20 Å². The lowest BCUT2D eigenvalue weighted by Gasteiger charge is -2.21. The third-order valence-corrected chi connectivity index (χ3v) is 3.88. The zero-order valence-corrected chi connectivity index (χ0v) is 13.6. The molecule has 0 saturated heterocycles. The fourth-order valence-corrected chi connectivity index (χ4v) is 2.74. The average molecular weight is 349 g/mol. The van der Waals surface area contributed by atoms with Gasteiger partial charge in [0.1, 0.15) is 0 Å². The Morgan fingerprint density at radius 3 is 2.00 bits per heavy atom. The Balaban J connectivity index is 2.22. The summed E-state index contributed by atoms with van der Waals surface area (Å²) in [4.78, 5) is 36.5. The van der Waals surface area contributed by atoms with Crippen LogP contribution in [0.5, 0.6) is 0 Å². The Hall–Kier alpha value is -3.74. The molecular weight excluding hydrogens is 334 g/mol. The monoisotopic (exact) mass is 349 g/mol. The van der Waals surface area contributed by atoms with Crippen molar-refractivity contribution in [2.45, 2.75) is 6.04 Å². The maximum Gasteiger partial charge on any atom is 0.329 e. The van der Waals surface area contributed by atoms with Crippen LogP contribution in [0.25, 0.3) is 6.08 Å². The minimum Gasteiger partial charge on any atom is -0.288 e. The highest BCUT2D eigenvalue weighted by Gasteiger charge is 2.18. The van der Waals surface area contributed by atoms with E-state index in [1.54, 1.807) is 0 Å². The predicted molar refractivity (Wildman–Crippen MR) is 97.5 cm³/mol. The Morgan fingerprint density at radius 2 is 1.50 bits per heavy atom. The highest BCUT2D eigenvalue weighted by atomic mass is 16.6. The van der Waals surface area contributed by atoms with Gasteiger partial charge in [-0.05, 0) is 11.1 Å². The first kappa shape index (κ1) is 17.1. The second-order valence-corrected chi connectivity index (χ2v) is 5.58. The predicted octanol–water partition coefficient (Wildman–Crippen LogP) is 2.42. The Labute approximate surface area is 148 Å². The Bertz CT molecular complexity index is 1010. The molecule has 2 aromatic carbocycles. The number of rotatable bonds is 5. The van der Waals surface area contributed by atoms with Crippen molar-refractivity contribution in [3.05, 3.63) is 121 Å². The smallest absolute Gasteiger partial charge is 0.288 e. The van der Waals surface area contributed by atoms with E-state index in [-0.39, 0.29) is 5.56 Å². The summed E-state index contributed by atoms with van der Waals surface area (Å²) in [6.07, 6.45) is 3.08. The molecule has 3 aromatic rings. The molecule has 0 fully saturated rings. The summed E-state index contributed by atoms with van der Waals surface area (Å²) in [5.74, 6) is 0. The van der Waals surface area contributed by atoms with Crippen molar-refractivity contribution in [1.29, 1.82) is 0 Å². The minimum absolute atomic E-state index is 0.0261. The summed E-state index contributed by atoms with van der Waals surface area (Å²) in [6.45, 7) is 0. The molecule has 0 saturated carbocycles. The number of aromatic amines is 1. The van der Waals surface area contributed by atoms with E-state index in [1.807, 2.05) is 60.7 Å². The molecule has 0 bridgehead atoms. The van der Waals surface area contributed by atoms with Crippen LogP contribution in [0.3, 0.4) is 0 Å². The second-order valence-electron chi connectivity index (χ2n) is 5.58. The van der Waals surface area contributed by atoms with E-state index in [9.17, 15) is 19.7 Å². The van der Waals surface area contributed by atoms with E-state index in [1.165, 1.54) is 10.8 Å². The molecule has 1 aromatic heterocycles. The Morgan fingerprint density at radius 1 is 0.962 bits per heavy atom. The van der Waals surface area contributed by atoms with E-state index >= 15 is 0 Å². The van der Waals surface area contributed by atoms with Gasteiger partial charge < -0.3 is 0 Å². The van der Waals surface area contributed by atoms with Crippen LogP contribution in [0.15, 0.2) is 82.6 Å². The average Bonchev–Trinajstić information content (AvgIpc) is 2.64. The second kappa shape index (κ2) is 7.43. The number of hydrogen-bond donors (Lipinski definition) is 1. The highest BCUT2D eigenvalue weighted by molar-refractivity contribution is 5.45. The molecule has 0 aliphatic carbocycles. The number of nitro groups is 1. The van der Waals surface area contributed by atoms with Crippen molar-refractivity contribution in [3.8, 4) is 0 Å². The summed E-state index contributed by atoms with van der Waals surface area (Å²) in [7, 11) is 0. The van der Waals surface area contributed by atoms with Crippen LogP contribution < -0.4 is 11.2 Å². The van der Waals surface area contributed by atoms with Crippen molar-refractivity contribution in [2.75, 3.05) is 0 Å². The van der Waals surface area contributed by atoms with E-state index in [0.717, 1.165) is 17.2 Å². The lowest BCUT2D eigenvalue weighted by atomic mass is 9.98. The third kappa shape index (κ3) is 3.67. The number of benzene rings is 2. The van der Waals surface area contributed by atoms with Gasteiger partial charge in [-0.1, -0.05) is 60.7 Å². The summed E-state index contributed by atoms with van der Waals surface area (Å²) in [6, 6.07) is 18.2. The number of H-pyrrole nitrogens is 1. The summed E-state index contributed by atoms with van der Waals surface area (Å²) in [5.41, 5.74) is 0.447. The number of hydrogen-bond acceptors (Lipinski definition) is 4. The van der Waals surface area contributed by atoms with E-state index < -0.39 is 22.2 Å². The third-order valence-electron chi connectivity index (χ3n) is 3.88. The van der Waals surface area contributed by atoms with Crippen LogP contribution in [0.1, 0.15) is 22.7 Å². The standard InChI is InChI=1S/C19H15N3O4/c23-18-16(11-12-22(25)26)13-21(19(24)20-18)17(14-7-3-1-4-8-14)15-9-5-2-6-10-15/h1-13,17H,(H,20,23,24)/b12-11+. The number of nitrogens with one attached hydrogen (secondary N) is 1. The fourth-order valence-electron chi connectivity index (χ4n) is 2.74. The molecule has 130 valence electrons. The summed E-state index contributed by atoms with van der Waals surface area (Å²) in [5, 5.41) is 10.6. The summed E-state index contributed by atoms with van der Waals surface area (Å²) < 4.78 is 1.37. The Kier molecular flexibility index (Phi) is 4.89. The first-order valence-electron chi connectivity index (χ1n) is 7.83. The molecule has 0 aliphatic rings. The van der Waals surface area contributed by atoms with Gasteiger partial charge in [0.25, 0.3) is 5.56 Å². The van der Waals surface area contributed by atoms with Gasteiger partial charge in [-0.25, -0.2) is 4.79 Å². The van der Waals surface area contributed by atoms with Crippen LogP contribution in [0.2, 0.25) is 0 Å². The van der Waals surface area contributed by atoms with E-state index in [2.05, 4.69) is 4.98 Å². The molecule has 0 atom stereocenters. The molecule has 7 nitrogen and oxygen atoms in total. The first-order valence-corrected chi connectivity index (χ1v) is 7.83. The van der Waals surface area contributed by atoms with Crippen molar-refractivity contribution in [2.24, 2.45) is 0 Å². The first-order chi connectivity index (χ1) is 12.6. The molecule has 0 unspecified atom stereocenters. The fraction of sp³-hybridized carbons (Fsp3) is 0.0526. The zero-order valence-electron chi connectivity index (χ0n) is 13.6. The number of aromatic nitrogens is 2. The van der Waals surface area contributed by atoms with Gasteiger partial charge in [-0.15, -0.1) is 0 Å². The van der Waals surface area contributed by atoms with Gasteiger partial charge >= 0.3 is 5.69 Å². The molecule has 26 heavy (non-hydrogen) atoms. The van der Waals surface area contributed by atoms with E-state index in [4.69, 9.17) is 0 Å². The van der Waals surface area contributed by atoms with Gasteiger partial charge in [0.15, 0.2) is 0 Å². The van der Waals surface area contributed by atoms with Gasteiger partial charge in [0, 0.05) is 12.3 Å². The number of nitrogens with zero attached hydrogens (tertiary/aromatic N) is 2. The maximum absolute atomic E-state index is 12.5. The molecule has 1 heterocycles. The van der Waals surface area contributed by atoms with Gasteiger partial charge in [0.2, 0.25) is 6.20 Å². The molecule has 0 amide bonds. The molecule has 1 N–H and O–H groups in total. The quantitative estimate of drug-likeness (QED) is 0.565. The van der Waals surface area contributed by atoms with Crippen LogP contribution in [-0.4, -0.2) is 14.5 Å². The SMILES string of the molecule is O=c1[nH]c(=O)n(C(c2ccccc2)c2ccccc2)cc1/C=C/[N+](=O)[O-]. The molecule has 0 radical (unpaired) electrons. The van der Waals surface area contributed by atoms with Crippen LogP contribution in [0.4, 0.5) is 0 Å². The lowest BCUT2D eigenvalue weighted by Crippen LogP contribution is -2.34. The van der Waals surface area contributed by atoms with Gasteiger partial charge in [-0.2, -0.15) is 0 Å². The normalized spacial score (nSPS) is 11.1. The zero-order chi connectivity index (χ0) is 18.5. The van der Waals surface area contributed by atoms with Crippen molar-refractivity contribution < 1.29 is 4.92 Å². The topological polar surface area (TPSA) is 98.0 Å². The largest absolute Gasteiger partial charge is 0.329 e. The minimum atomic E-state index is -0.677. The molecular formula is C19H15N3O4. The van der Waals surface area contributed by atoms with Gasteiger partial charge in [-0.3, -0.25) is 24.5 Å². The maximum atomic E-state index is 12.5. The summed E-state index contributed by atoms with van der Waals surface area (Å²) >= 11 is 0. The highest BCUT2D eigenvalue weighted by Crippen LogP contribution is 2.25. The van der Waals surface area contributed by atoms with Crippen LogP contribution in [0, 0.1) is 10.1 Å². The van der Waals surface area contributed by atoms with Crippen molar-refractivity contribution >= 4 is 6.08 Å².